The van der Waals surface area contributed by atoms with Gasteiger partial charge < -0.3 is 9.47 Å². The molecule has 2 heterocycles. The third-order valence-corrected chi connectivity index (χ3v) is 3.76. The molecule has 1 aliphatic heterocycles. The fourth-order valence-corrected chi connectivity index (χ4v) is 2.66. The number of carbonyl (C=O) groups is 2. The second kappa shape index (κ2) is 6.03. The van der Waals surface area contributed by atoms with Crippen molar-refractivity contribution in [1.82, 2.24) is 9.47 Å². The largest absolute Gasteiger partial charge is 0.335 e. The minimum absolute atomic E-state index is 0.0298. The number of amides is 1. The maximum Gasteiger partial charge on any atom is 0.254 e. The number of rotatable bonds is 3. The molecule has 0 spiro atoms. The second-order valence-corrected chi connectivity index (χ2v) is 5.42. The van der Waals surface area contributed by atoms with E-state index in [1.807, 2.05) is 0 Å². The van der Waals surface area contributed by atoms with Crippen LogP contribution in [0.4, 0.5) is 0 Å². The van der Waals surface area contributed by atoms with Crippen LogP contribution < -0.4 is 5.56 Å². The molecule has 5 heteroatoms. The highest BCUT2D eigenvalue weighted by Crippen LogP contribution is 2.21. The molecule has 1 fully saturated rings. The predicted octanol–water partition coefficient (Wildman–Crippen LogP) is 1.36. The number of ketones is 1. The first kappa shape index (κ1) is 14.5. The minimum atomic E-state index is -0.198. The van der Waals surface area contributed by atoms with E-state index in [4.69, 9.17) is 0 Å². The smallest absolute Gasteiger partial charge is 0.254 e. The number of pyridine rings is 1. The number of likely N-dealkylation sites (tertiary alicyclic amines) is 1. The molecule has 1 aromatic heterocycles. The molecule has 108 valence electrons. The summed E-state index contributed by atoms with van der Waals surface area (Å²) >= 11 is 0. The van der Waals surface area contributed by atoms with Gasteiger partial charge in [0.2, 0.25) is 0 Å². The third kappa shape index (κ3) is 3.15. The maximum atomic E-state index is 12.5. The van der Waals surface area contributed by atoms with E-state index in [1.165, 1.54) is 10.6 Å². The van der Waals surface area contributed by atoms with Crippen LogP contribution in [0.2, 0.25) is 0 Å². The number of hydrogen-bond donors (Lipinski definition) is 0. The second-order valence-electron chi connectivity index (χ2n) is 5.42. The average Bonchev–Trinajstić information content (AvgIpc) is 2.41. The molecule has 1 aliphatic rings. The number of aromatic nitrogens is 1. The lowest BCUT2D eigenvalue weighted by atomic mass is 9.97. The highest BCUT2D eigenvalue weighted by atomic mass is 16.2. The first-order valence-corrected chi connectivity index (χ1v) is 6.96. The monoisotopic (exact) mass is 276 g/mol. The molecule has 2 rings (SSSR count). The molecule has 0 N–H and O–H groups in total. The Balaban J connectivity index is 2.22. The highest BCUT2D eigenvalue weighted by molar-refractivity contribution is 5.94. The normalized spacial score (nSPS) is 18.9. The van der Waals surface area contributed by atoms with E-state index in [-0.39, 0.29) is 23.3 Å². The van der Waals surface area contributed by atoms with Gasteiger partial charge in [-0.3, -0.25) is 14.4 Å². The van der Waals surface area contributed by atoms with E-state index in [2.05, 4.69) is 0 Å². The van der Waals surface area contributed by atoms with Crippen LogP contribution in [0.3, 0.4) is 0 Å². The first-order chi connectivity index (χ1) is 9.49. The van der Waals surface area contributed by atoms with Crippen LogP contribution in [-0.2, 0) is 11.8 Å². The van der Waals surface area contributed by atoms with Crippen LogP contribution in [0.1, 0.15) is 43.0 Å². The summed E-state index contributed by atoms with van der Waals surface area (Å²) in [5.41, 5.74) is 0.208. The van der Waals surface area contributed by atoms with Gasteiger partial charge in [-0.25, -0.2) is 0 Å². The topological polar surface area (TPSA) is 59.4 Å². The first-order valence-electron chi connectivity index (χ1n) is 6.96. The van der Waals surface area contributed by atoms with Gasteiger partial charge in [0.25, 0.3) is 11.5 Å². The molecule has 0 bridgehead atoms. The fourth-order valence-electron chi connectivity index (χ4n) is 2.66. The van der Waals surface area contributed by atoms with Crippen molar-refractivity contribution in [2.24, 2.45) is 7.05 Å². The van der Waals surface area contributed by atoms with E-state index in [9.17, 15) is 14.4 Å². The van der Waals surface area contributed by atoms with Crippen molar-refractivity contribution < 1.29 is 9.59 Å². The van der Waals surface area contributed by atoms with Crippen LogP contribution in [0.25, 0.3) is 0 Å². The Kier molecular flexibility index (Phi) is 4.37. The number of piperidine rings is 1. The quantitative estimate of drug-likeness (QED) is 0.837. The van der Waals surface area contributed by atoms with Crippen molar-refractivity contribution in [1.29, 1.82) is 0 Å². The van der Waals surface area contributed by atoms with Crippen molar-refractivity contribution in [2.45, 2.75) is 38.6 Å². The third-order valence-electron chi connectivity index (χ3n) is 3.76. The summed E-state index contributed by atoms with van der Waals surface area (Å²) in [6, 6.07) is 2.99. The lowest BCUT2D eigenvalue weighted by molar-refractivity contribution is -0.118. The van der Waals surface area contributed by atoms with Gasteiger partial charge in [0.1, 0.15) is 5.78 Å². The number of aryl methyl sites for hydroxylation is 1. The van der Waals surface area contributed by atoms with Crippen molar-refractivity contribution in [3.8, 4) is 0 Å². The SMILES string of the molecule is CC(=O)CC1CCCCN1C(=O)c1ccn(C)c(=O)c1. The zero-order chi connectivity index (χ0) is 14.7. The van der Waals surface area contributed by atoms with Gasteiger partial charge in [-0.2, -0.15) is 0 Å². The van der Waals surface area contributed by atoms with Gasteiger partial charge >= 0.3 is 0 Å². The molecule has 1 aromatic rings. The van der Waals surface area contributed by atoms with Crippen molar-refractivity contribution in [3.63, 3.8) is 0 Å². The molecule has 1 saturated heterocycles. The number of hydrogen-bond acceptors (Lipinski definition) is 3. The Morgan fingerprint density at radius 3 is 2.75 bits per heavy atom. The number of Topliss-reactive ketones (excluding diaryl/α,β-unsaturated/α-hetero) is 1. The Hall–Kier alpha value is -1.91. The van der Waals surface area contributed by atoms with Crippen molar-refractivity contribution in [3.05, 3.63) is 34.2 Å². The van der Waals surface area contributed by atoms with Crippen LogP contribution >= 0.6 is 0 Å². The summed E-state index contributed by atoms with van der Waals surface area (Å²) in [7, 11) is 1.65. The standard InChI is InChI=1S/C15H20N2O3/c1-11(18)9-13-5-3-4-7-17(13)15(20)12-6-8-16(2)14(19)10-12/h6,8,10,13H,3-5,7,9H2,1-2H3. The molecule has 5 nitrogen and oxygen atoms in total. The Labute approximate surface area is 118 Å². The van der Waals surface area contributed by atoms with Crippen molar-refractivity contribution >= 4 is 11.7 Å². The maximum absolute atomic E-state index is 12.5. The van der Waals surface area contributed by atoms with E-state index < -0.39 is 0 Å². The van der Waals surface area contributed by atoms with Gasteiger partial charge in [-0.05, 0) is 32.3 Å². The van der Waals surface area contributed by atoms with E-state index in [0.29, 0.717) is 18.5 Å². The van der Waals surface area contributed by atoms with E-state index >= 15 is 0 Å². The van der Waals surface area contributed by atoms with Gasteiger partial charge in [-0.15, -0.1) is 0 Å². The van der Waals surface area contributed by atoms with Crippen molar-refractivity contribution in [2.75, 3.05) is 6.54 Å². The summed E-state index contributed by atoms with van der Waals surface area (Å²) in [4.78, 5) is 37.2. The lowest BCUT2D eigenvalue weighted by Crippen LogP contribution is -2.44. The zero-order valence-electron chi connectivity index (χ0n) is 12.0. The van der Waals surface area contributed by atoms with Gasteiger partial charge in [0, 0.05) is 43.9 Å². The van der Waals surface area contributed by atoms with Crippen LogP contribution in [-0.4, -0.2) is 33.7 Å². The summed E-state index contributed by atoms with van der Waals surface area (Å²) in [6.45, 7) is 2.21. The molecule has 1 amide bonds. The molecular weight excluding hydrogens is 256 g/mol. The molecule has 1 unspecified atom stereocenters. The van der Waals surface area contributed by atoms with Crippen LogP contribution in [0, 0.1) is 0 Å². The number of carbonyl (C=O) groups excluding carboxylic acids is 2. The summed E-state index contributed by atoms with van der Waals surface area (Å²) in [5, 5.41) is 0. The Bertz CT molecular complexity index is 577. The zero-order valence-corrected chi connectivity index (χ0v) is 12.0. The summed E-state index contributed by atoms with van der Waals surface area (Å²) < 4.78 is 1.43. The van der Waals surface area contributed by atoms with E-state index in [0.717, 1.165) is 19.3 Å². The lowest BCUT2D eigenvalue weighted by Gasteiger charge is -2.35. The highest BCUT2D eigenvalue weighted by Gasteiger charge is 2.28. The molecule has 0 saturated carbocycles. The molecule has 20 heavy (non-hydrogen) atoms. The molecule has 0 radical (unpaired) electrons. The summed E-state index contributed by atoms with van der Waals surface area (Å²) in [5.74, 6) is -0.0488. The number of nitrogens with zero attached hydrogens (tertiary/aromatic N) is 2. The predicted molar refractivity (Wildman–Crippen MR) is 75.7 cm³/mol. The minimum Gasteiger partial charge on any atom is -0.335 e. The molecule has 0 aliphatic carbocycles. The van der Waals surface area contributed by atoms with Gasteiger partial charge in [0.15, 0.2) is 0 Å². The van der Waals surface area contributed by atoms with Gasteiger partial charge in [0.05, 0.1) is 0 Å². The Morgan fingerprint density at radius 1 is 1.35 bits per heavy atom. The van der Waals surface area contributed by atoms with Gasteiger partial charge in [-0.1, -0.05) is 0 Å². The Morgan fingerprint density at radius 2 is 2.10 bits per heavy atom. The molecule has 0 aromatic carbocycles. The average molecular weight is 276 g/mol. The fraction of sp³-hybridized carbons (Fsp3) is 0.533. The summed E-state index contributed by atoms with van der Waals surface area (Å²) in [6.07, 6.45) is 4.84. The van der Waals surface area contributed by atoms with Crippen LogP contribution in [0.5, 0.6) is 0 Å². The molecular formula is C15H20N2O3. The van der Waals surface area contributed by atoms with E-state index in [1.54, 1.807) is 31.1 Å². The van der Waals surface area contributed by atoms with Crippen LogP contribution in [0.15, 0.2) is 23.1 Å². The molecule has 1 atom stereocenters.